The van der Waals surface area contributed by atoms with Gasteiger partial charge in [-0.15, -0.1) is 6.42 Å². The highest BCUT2D eigenvalue weighted by atomic mass is 28.3. The molecule has 1 heteroatoms. The molecular formula is C10H11Si. The fourth-order valence-electron chi connectivity index (χ4n) is 0.920. The molecule has 0 aromatic heterocycles. The Morgan fingerprint density at radius 3 is 2.64 bits per heavy atom. The minimum Gasteiger partial charge on any atom is -0.115 e. The summed E-state index contributed by atoms with van der Waals surface area (Å²) in [5.41, 5.74) is 0.994. The first-order valence-electron chi connectivity index (χ1n) is 3.61. The number of benzene rings is 1. The van der Waals surface area contributed by atoms with Crippen molar-refractivity contribution in [1.29, 1.82) is 0 Å². The summed E-state index contributed by atoms with van der Waals surface area (Å²) in [6, 6.07) is 8.25. The maximum Gasteiger partial charge on any atom is 0.0792 e. The molecule has 0 amide bonds. The van der Waals surface area contributed by atoms with E-state index in [4.69, 9.17) is 6.42 Å². The number of hydrogen-bond donors (Lipinski definition) is 0. The van der Waals surface area contributed by atoms with Crippen molar-refractivity contribution < 1.29 is 0 Å². The van der Waals surface area contributed by atoms with Gasteiger partial charge in [0.2, 0.25) is 0 Å². The van der Waals surface area contributed by atoms with Crippen LogP contribution in [-0.2, 0) is 0 Å². The molecule has 0 aliphatic heterocycles. The Kier molecular flexibility index (Phi) is 2.51. The van der Waals surface area contributed by atoms with Crippen molar-refractivity contribution in [3.8, 4) is 12.3 Å². The van der Waals surface area contributed by atoms with Gasteiger partial charge in [-0.25, -0.2) is 0 Å². The van der Waals surface area contributed by atoms with Crippen LogP contribution in [0.3, 0.4) is 0 Å². The predicted octanol–water partition coefficient (Wildman–Crippen LogP) is 1.63. The lowest BCUT2D eigenvalue weighted by atomic mass is 10.2. The van der Waals surface area contributed by atoms with Crippen LogP contribution in [0, 0.1) is 12.3 Å². The zero-order valence-corrected chi connectivity index (χ0v) is 7.89. The summed E-state index contributed by atoms with van der Waals surface area (Å²) in [4.78, 5) is 0. The van der Waals surface area contributed by atoms with Gasteiger partial charge in [0, 0.05) is 5.56 Å². The molecule has 0 bridgehead atoms. The van der Waals surface area contributed by atoms with Crippen LogP contribution in [0.25, 0.3) is 0 Å². The van der Waals surface area contributed by atoms with E-state index < -0.39 is 0 Å². The average molecular weight is 159 g/mol. The summed E-state index contributed by atoms with van der Waals surface area (Å²) in [6.07, 6.45) is 5.28. The SMILES string of the molecule is C#Cc1cccc([Si](C)C)c1. The monoisotopic (exact) mass is 159 g/mol. The topological polar surface area (TPSA) is 0 Å². The predicted molar refractivity (Wildman–Crippen MR) is 51.5 cm³/mol. The molecule has 0 saturated heterocycles. The summed E-state index contributed by atoms with van der Waals surface area (Å²) in [6.45, 7) is 4.53. The van der Waals surface area contributed by atoms with Crippen molar-refractivity contribution in [2.24, 2.45) is 0 Å². The molecule has 0 spiro atoms. The normalized spacial score (nSPS) is 9.64. The summed E-state index contributed by atoms with van der Waals surface area (Å²) in [5, 5.41) is 1.41. The smallest absolute Gasteiger partial charge is 0.0792 e. The second kappa shape index (κ2) is 3.41. The van der Waals surface area contributed by atoms with Crippen molar-refractivity contribution in [2.75, 3.05) is 0 Å². The van der Waals surface area contributed by atoms with E-state index in [0.29, 0.717) is 0 Å². The van der Waals surface area contributed by atoms with Gasteiger partial charge in [-0.05, 0) is 12.1 Å². The first kappa shape index (κ1) is 8.10. The van der Waals surface area contributed by atoms with Crippen molar-refractivity contribution in [3.05, 3.63) is 29.8 Å². The third kappa shape index (κ3) is 1.96. The summed E-state index contributed by atoms with van der Waals surface area (Å²) in [7, 11) is -0.340. The lowest BCUT2D eigenvalue weighted by Crippen LogP contribution is -2.22. The largest absolute Gasteiger partial charge is 0.115 e. The lowest BCUT2D eigenvalue weighted by molar-refractivity contribution is 1.68. The van der Waals surface area contributed by atoms with Gasteiger partial charge in [0.1, 0.15) is 0 Å². The van der Waals surface area contributed by atoms with E-state index in [1.165, 1.54) is 5.19 Å². The molecule has 0 atom stereocenters. The summed E-state index contributed by atoms with van der Waals surface area (Å²) < 4.78 is 0. The molecular weight excluding hydrogens is 148 g/mol. The standard InChI is InChI=1S/C10H11Si/c1-4-9-6-5-7-10(8-9)11(2)3/h1,5-8H,2-3H3. The minimum atomic E-state index is -0.340. The lowest BCUT2D eigenvalue weighted by Gasteiger charge is -2.02. The highest BCUT2D eigenvalue weighted by molar-refractivity contribution is 6.70. The number of rotatable bonds is 1. The van der Waals surface area contributed by atoms with E-state index >= 15 is 0 Å². The van der Waals surface area contributed by atoms with Gasteiger partial charge >= 0.3 is 0 Å². The van der Waals surface area contributed by atoms with Crippen molar-refractivity contribution in [2.45, 2.75) is 13.1 Å². The van der Waals surface area contributed by atoms with Crippen LogP contribution in [0.4, 0.5) is 0 Å². The van der Waals surface area contributed by atoms with E-state index in [1.807, 2.05) is 12.1 Å². The van der Waals surface area contributed by atoms with Crippen molar-refractivity contribution >= 4 is 14.0 Å². The molecule has 1 aromatic carbocycles. The van der Waals surface area contributed by atoms with Crippen LogP contribution < -0.4 is 5.19 Å². The van der Waals surface area contributed by atoms with Crippen LogP contribution in [0.1, 0.15) is 5.56 Å². The van der Waals surface area contributed by atoms with Crippen molar-refractivity contribution in [1.82, 2.24) is 0 Å². The molecule has 0 fully saturated rings. The van der Waals surface area contributed by atoms with E-state index in [0.717, 1.165) is 5.56 Å². The molecule has 55 valence electrons. The molecule has 0 saturated carbocycles. The van der Waals surface area contributed by atoms with Gasteiger partial charge in [-0.3, -0.25) is 0 Å². The maximum absolute atomic E-state index is 5.28. The Morgan fingerprint density at radius 2 is 2.09 bits per heavy atom. The summed E-state index contributed by atoms with van der Waals surface area (Å²) >= 11 is 0. The zero-order chi connectivity index (χ0) is 8.27. The second-order valence-corrected chi connectivity index (χ2v) is 5.30. The highest BCUT2D eigenvalue weighted by Gasteiger charge is 1.99. The number of terminal acetylenes is 1. The zero-order valence-electron chi connectivity index (χ0n) is 6.89. The molecule has 0 heterocycles. The molecule has 0 aliphatic carbocycles. The van der Waals surface area contributed by atoms with Crippen molar-refractivity contribution in [3.63, 3.8) is 0 Å². The molecule has 11 heavy (non-hydrogen) atoms. The molecule has 1 aromatic rings. The van der Waals surface area contributed by atoms with Crippen LogP contribution in [0.2, 0.25) is 13.1 Å². The molecule has 0 N–H and O–H groups in total. The number of hydrogen-bond acceptors (Lipinski definition) is 0. The third-order valence-corrected chi connectivity index (χ3v) is 3.07. The Morgan fingerprint density at radius 1 is 1.36 bits per heavy atom. The molecule has 0 nitrogen and oxygen atoms in total. The Labute approximate surface area is 69.9 Å². The molecule has 1 rings (SSSR count). The van der Waals surface area contributed by atoms with E-state index in [9.17, 15) is 0 Å². The molecule has 0 unspecified atom stereocenters. The summed E-state index contributed by atoms with van der Waals surface area (Å²) in [5.74, 6) is 2.64. The highest BCUT2D eigenvalue weighted by Crippen LogP contribution is 1.95. The maximum atomic E-state index is 5.28. The Hall–Kier alpha value is -1.00. The minimum absolute atomic E-state index is 0.340. The average Bonchev–Trinajstić information content (AvgIpc) is 2.05. The van der Waals surface area contributed by atoms with E-state index in [2.05, 4.69) is 31.1 Å². The van der Waals surface area contributed by atoms with Gasteiger partial charge in [-0.2, -0.15) is 0 Å². The molecule has 1 radical (unpaired) electrons. The van der Waals surface area contributed by atoms with Gasteiger partial charge in [-0.1, -0.05) is 36.3 Å². The first-order chi connectivity index (χ1) is 5.24. The Balaban J connectivity index is 3.03. The van der Waals surface area contributed by atoms with Crippen LogP contribution in [0.15, 0.2) is 24.3 Å². The second-order valence-electron chi connectivity index (χ2n) is 2.73. The quantitative estimate of drug-likeness (QED) is 0.431. The van der Waals surface area contributed by atoms with Gasteiger partial charge in [0.15, 0.2) is 0 Å². The molecule has 0 aliphatic rings. The van der Waals surface area contributed by atoms with Gasteiger partial charge < -0.3 is 0 Å². The van der Waals surface area contributed by atoms with Gasteiger partial charge in [0.25, 0.3) is 0 Å². The van der Waals surface area contributed by atoms with Crippen LogP contribution in [-0.4, -0.2) is 8.80 Å². The van der Waals surface area contributed by atoms with E-state index in [-0.39, 0.29) is 8.80 Å². The first-order valence-corrected chi connectivity index (χ1v) is 6.11. The third-order valence-electron chi connectivity index (χ3n) is 1.61. The fourth-order valence-corrected chi connectivity index (χ4v) is 1.79. The van der Waals surface area contributed by atoms with Crippen LogP contribution in [0.5, 0.6) is 0 Å². The fraction of sp³-hybridized carbons (Fsp3) is 0.200. The van der Waals surface area contributed by atoms with Crippen LogP contribution >= 0.6 is 0 Å². The Bertz CT molecular complexity index is 281. The van der Waals surface area contributed by atoms with Gasteiger partial charge in [0.05, 0.1) is 8.80 Å². The van der Waals surface area contributed by atoms with E-state index in [1.54, 1.807) is 0 Å².